The number of anilines is 1. The van der Waals surface area contributed by atoms with E-state index in [1.54, 1.807) is 10.9 Å². The molecule has 3 aromatic heterocycles. The van der Waals surface area contributed by atoms with Crippen LogP contribution in [-0.2, 0) is 13.6 Å². The van der Waals surface area contributed by atoms with Gasteiger partial charge in [-0.2, -0.15) is 10.1 Å². The Bertz CT molecular complexity index is 1020. The van der Waals surface area contributed by atoms with Crippen molar-refractivity contribution in [3.63, 3.8) is 0 Å². The monoisotopic (exact) mass is 347 g/mol. The van der Waals surface area contributed by atoms with Gasteiger partial charge in [0.25, 0.3) is 5.89 Å². The Morgan fingerprint density at radius 1 is 1.12 bits per heavy atom. The van der Waals surface area contributed by atoms with E-state index in [1.807, 2.05) is 56.6 Å². The third-order valence-corrected chi connectivity index (χ3v) is 3.84. The largest absolute Gasteiger partial charge is 0.347 e. The Kier molecular flexibility index (Phi) is 4.14. The van der Waals surface area contributed by atoms with E-state index in [1.165, 1.54) is 0 Å². The molecule has 0 atom stereocenters. The van der Waals surface area contributed by atoms with Crippen LogP contribution in [0.5, 0.6) is 0 Å². The van der Waals surface area contributed by atoms with Crippen LogP contribution in [0.2, 0.25) is 0 Å². The molecule has 0 fully saturated rings. The van der Waals surface area contributed by atoms with E-state index in [4.69, 9.17) is 4.52 Å². The number of benzene rings is 1. The van der Waals surface area contributed by atoms with E-state index >= 15 is 0 Å². The standard InChI is InChI=1S/C18H17N7O/c1-12-14(11-25(2)23-12)15-8-9-19-18(21-15)20-10-16-22-17(26-24-16)13-6-4-3-5-7-13/h3-9,11H,10H2,1-2H3,(H,19,20,21). The van der Waals surface area contributed by atoms with Gasteiger partial charge < -0.3 is 9.84 Å². The summed E-state index contributed by atoms with van der Waals surface area (Å²) in [6.07, 6.45) is 3.65. The minimum absolute atomic E-state index is 0.367. The molecule has 1 N–H and O–H groups in total. The van der Waals surface area contributed by atoms with Crippen LogP contribution in [-0.4, -0.2) is 29.9 Å². The second kappa shape index (κ2) is 6.75. The van der Waals surface area contributed by atoms with Gasteiger partial charge in [0.1, 0.15) is 0 Å². The number of hydrogen-bond donors (Lipinski definition) is 1. The summed E-state index contributed by atoms with van der Waals surface area (Å²) in [7, 11) is 1.89. The highest BCUT2D eigenvalue weighted by Crippen LogP contribution is 2.21. The van der Waals surface area contributed by atoms with Gasteiger partial charge in [0.05, 0.1) is 17.9 Å². The van der Waals surface area contributed by atoms with Gasteiger partial charge >= 0.3 is 0 Å². The normalized spacial score (nSPS) is 10.8. The highest BCUT2D eigenvalue weighted by atomic mass is 16.5. The molecule has 0 aliphatic rings. The summed E-state index contributed by atoms with van der Waals surface area (Å²) in [6, 6.07) is 11.5. The maximum Gasteiger partial charge on any atom is 0.257 e. The Balaban J connectivity index is 1.48. The first-order chi connectivity index (χ1) is 12.7. The van der Waals surface area contributed by atoms with Crippen molar-refractivity contribution >= 4 is 5.95 Å². The molecule has 26 heavy (non-hydrogen) atoms. The lowest BCUT2D eigenvalue weighted by Gasteiger charge is -2.03. The zero-order valence-electron chi connectivity index (χ0n) is 14.4. The van der Waals surface area contributed by atoms with E-state index in [0.717, 1.165) is 22.5 Å². The maximum atomic E-state index is 5.30. The van der Waals surface area contributed by atoms with Crippen molar-refractivity contribution < 1.29 is 4.52 Å². The number of aromatic nitrogens is 6. The average Bonchev–Trinajstić information content (AvgIpc) is 3.27. The van der Waals surface area contributed by atoms with Crippen molar-refractivity contribution in [3.8, 4) is 22.7 Å². The fourth-order valence-electron chi connectivity index (χ4n) is 2.63. The van der Waals surface area contributed by atoms with Crippen LogP contribution >= 0.6 is 0 Å². The van der Waals surface area contributed by atoms with Crippen LogP contribution in [0.3, 0.4) is 0 Å². The third kappa shape index (κ3) is 3.30. The summed E-state index contributed by atoms with van der Waals surface area (Å²) < 4.78 is 7.07. The highest BCUT2D eigenvalue weighted by Gasteiger charge is 2.11. The van der Waals surface area contributed by atoms with Gasteiger partial charge in [-0.25, -0.2) is 9.97 Å². The molecule has 130 valence electrons. The smallest absolute Gasteiger partial charge is 0.257 e. The quantitative estimate of drug-likeness (QED) is 0.593. The summed E-state index contributed by atoms with van der Waals surface area (Å²) in [5.74, 6) is 1.52. The van der Waals surface area contributed by atoms with Crippen molar-refractivity contribution in [2.45, 2.75) is 13.5 Å². The predicted molar refractivity (Wildman–Crippen MR) is 96.0 cm³/mol. The van der Waals surface area contributed by atoms with Crippen LogP contribution < -0.4 is 5.32 Å². The van der Waals surface area contributed by atoms with E-state index < -0.39 is 0 Å². The lowest BCUT2D eigenvalue weighted by molar-refractivity contribution is 0.423. The maximum absolute atomic E-state index is 5.30. The van der Waals surface area contributed by atoms with E-state index in [0.29, 0.717) is 24.2 Å². The Morgan fingerprint density at radius 2 is 1.96 bits per heavy atom. The lowest BCUT2D eigenvalue weighted by Crippen LogP contribution is -2.05. The molecular formula is C18H17N7O. The molecule has 4 aromatic rings. The second-order valence-corrected chi connectivity index (χ2v) is 5.80. The molecule has 4 rings (SSSR count). The van der Waals surface area contributed by atoms with Crippen LogP contribution in [0, 0.1) is 6.92 Å². The number of nitrogens with one attached hydrogen (secondary N) is 1. The molecule has 1 aromatic carbocycles. The van der Waals surface area contributed by atoms with Crippen molar-refractivity contribution in [2.75, 3.05) is 5.32 Å². The number of nitrogens with zero attached hydrogens (tertiary/aromatic N) is 6. The molecule has 8 heteroatoms. The molecule has 0 saturated heterocycles. The molecule has 0 bridgehead atoms. The fraction of sp³-hybridized carbons (Fsp3) is 0.167. The van der Waals surface area contributed by atoms with Crippen LogP contribution in [0.15, 0.2) is 53.3 Å². The molecule has 0 aliphatic carbocycles. The summed E-state index contributed by atoms with van der Waals surface area (Å²) in [5, 5.41) is 11.5. The second-order valence-electron chi connectivity index (χ2n) is 5.80. The fourth-order valence-corrected chi connectivity index (χ4v) is 2.63. The van der Waals surface area contributed by atoms with Crippen molar-refractivity contribution in [3.05, 3.63) is 60.3 Å². The van der Waals surface area contributed by atoms with Gasteiger partial charge in [0.15, 0.2) is 5.82 Å². The molecular weight excluding hydrogens is 330 g/mol. The van der Waals surface area contributed by atoms with Gasteiger partial charge in [0.2, 0.25) is 5.95 Å². The van der Waals surface area contributed by atoms with Crippen LogP contribution in [0.25, 0.3) is 22.7 Å². The topological polar surface area (TPSA) is 94.6 Å². The first-order valence-electron chi connectivity index (χ1n) is 8.14. The van der Waals surface area contributed by atoms with Crippen LogP contribution in [0.1, 0.15) is 11.5 Å². The van der Waals surface area contributed by atoms with E-state index in [-0.39, 0.29) is 0 Å². The van der Waals surface area contributed by atoms with Crippen molar-refractivity contribution in [1.82, 2.24) is 29.9 Å². The lowest BCUT2D eigenvalue weighted by atomic mass is 10.2. The summed E-state index contributed by atoms with van der Waals surface area (Å²) >= 11 is 0. The Labute approximate surface area is 149 Å². The first kappa shape index (κ1) is 15.9. The predicted octanol–water partition coefficient (Wildman–Crippen LogP) is 2.85. The van der Waals surface area contributed by atoms with E-state index in [2.05, 4.69) is 30.5 Å². The molecule has 0 amide bonds. The minimum Gasteiger partial charge on any atom is -0.347 e. The number of aryl methyl sites for hydroxylation is 2. The van der Waals surface area contributed by atoms with Crippen molar-refractivity contribution in [2.24, 2.45) is 7.05 Å². The summed E-state index contributed by atoms with van der Waals surface area (Å²) in [4.78, 5) is 13.2. The first-order valence-corrected chi connectivity index (χ1v) is 8.14. The van der Waals surface area contributed by atoms with E-state index in [9.17, 15) is 0 Å². The molecule has 8 nitrogen and oxygen atoms in total. The number of rotatable bonds is 5. The zero-order chi connectivity index (χ0) is 17.9. The third-order valence-electron chi connectivity index (χ3n) is 3.84. The Morgan fingerprint density at radius 3 is 2.73 bits per heavy atom. The number of hydrogen-bond acceptors (Lipinski definition) is 7. The van der Waals surface area contributed by atoms with Crippen molar-refractivity contribution in [1.29, 1.82) is 0 Å². The van der Waals surface area contributed by atoms with Crippen LogP contribution in [0.4, 0.5) is 5.95 Å². The molecule has 0 radical (unpaired) electrons. The molecule has 3 heterocycles. The zero-order valence-corrected chi connectivity index (χ0v) is 14.4. The highest BCUT2D eigenvalue weighted by molar-refractivity contribution is 5.61. The SMILES string of the molecule is Cc1nn(C)cc1-c1ccnc(NCc2noc(-c3ccccc3)n2)n1. The summed E-state index contributed by atoms with van der Waals surface area (Å²) in [5.41, 5.74) is 3.59. The molecule has 0 saturated carbocycles. The van der Waals surface area contributed by atoms with Gasteiger partial charge in [-0.1, -0.05) is 23.4 Å². The summed E-state index contributed by atoms with van der Waals surface area (Å²) in [6.45, 7) is 2.32. The molecule has 0 spiro atoms. The van der Waals surface area contributed by atoms with Gasteiger partial charge in [0, 0.05) is 30.6 Å². The minimum atomic E-state index is 0.367. The van der Waals surface area contributed by atoms with Gasteiger partial charge in [-0.15, -0.1) is 0 Å². The van der Waals surface area contributed by atoms with Gasteiger partial charge in [-0.05, 0) is 25.1 Å². The Hall–Kier alpha value is -3.55. The molecule has 0 unspecified atom stereocenters. The van der Waals surface area contributed by atoms with Gasteiger partial charge in [-0.3, -0.25) is 4.68 Å². The molecule has 0 aliphatic heterocycles. The average molecular weight is 347 g/mol.